The lowest BCUT2D eigenvalue weighted by Gasteiger charge is -2.46. The molecular formula is C20H24O10. The van der Waals surface area contributed by atoms with E-state index in [1.807, 2.05) is 20.8 Å². The van der Waals surface area contributed by atoms with Crippen LogP contribution in [0.3, 0.4) is 0 Å². The van der Waals surface area contributed by atoms with Crippen LogP contribution in [0, 0.1) is 28.1 Å². The topological polar surface area (TPSA) is 149 Å². The van der Waals surface area contributed by atoms with Crippen LogP contribution in [-0.2, 0) is 33.3 Å². The lowest BCUT2D eigenvalue weighted by molar-refractivity contribution is -0.239. The molecule has 164 valence electrons. The van der Waals surface area contributed by atoms with Crippen LogP contribution < -0.4 is 0 Å². The van der Waals surface area contributed by atoms with Crippen LogP contribution in [-0.4, -0.2) is 75.1 Å². The number of ether oxygens (including phenoxy) is 4. The summed E-state index contributed by atoms with van der Waals surface area (Å²) in [4.78, 5) is 38.2. The maximum absolute atomic E-state index is 13.4. The molecule has 6 rings (SSSR count). The molecule has 2 saturated carbocycles. The second-order valence-corrected chi connectivity index (χ2v) is 10.7. The molecule has 11 atom stereocenters. The smallest absolute Gasteiger partial charge is 0.342 e. The number of esters is 3. The summed E-state index contributed by atoms with van der Waals surface area (Å²) in [6.07, 6.45) is -6.73. The first-order valence-electron chi connectivity index (χ1n) is 10.2. The van der Waals surface area contributed by atoms with Crippen molar-refractivity contribution in [2.24, 2.45) is 28.1 Å². The zero-order valence-corrected chi connectivity index (χ0v) is 16.9. The van der Waals surface area contributed by atoms with Crippen molar-refractivity contribution in [3.63, 3.8) is 0 Å². The summed E-state index contributed by atoms with van der Waals surface area (Å²) in [5.74, 6) is -4.43. The molecule has 6 fully saturated rings. The van der Waals surface area contributed by atoms with Gasteiger partial charge in [-0.05, 0) is 12.3 Å². The van der Waals surface area contributed by atoms with E-state index in [9.17, 15) is 29.7 Å². The van der Waals surface area contributed by atoms with Crippen LogP contribution >= 0.6 is 0 Å². The highest BCUT2D eigenvalue weighted by molar-refractivity contribution is 5.93. The van der Waals surface area contributed by atoms with Crippen molar-refractivity contribution in [3.05, 3.63) is 0 Å². The molecule has 4 aliphatic heterocycles. The largest absolute Gasteiger partial charge is 0.459 e. The van der Waals surface area contributed by atoms with E-state index in [1.54, 1.807) is 0 Å². The van der Waals surface area contributed by atoms with Gasteiger partial charge in [-0.15, -0.1) is 0 Å². The van der Waals surface area contributed by atoms with Crippen LogP contribution in [0.15, 0.2) is 0 Å². The molecule has 30 heavy (non-hydrogen) atoms. The predicted octanol–water partition coefficient (Wildman–Crippen LogP) is -1.37. The molecule has 2 spiro atoms. The normalized spacial score (nSPS) is 60.1. The molecule has 4 heterocycles. The SMILES string of the molecule is C[C@@H]1C(=O)O[C@H]2CC34[C@@H]5OC(=O)[C@]3(O[C@@H]3OC(=O)[C@@H](O)C34[C@H](C(C)(C)C)[C@H]5O)[C@]21O. The average molecular weight is 424 g/mol. The zero-order chi connectivity index (χ0) is 21.8. The standard InChI is InChI=1S/C20H24O10/c1-6-12(23)27-7-5-17-11-8(21)9(16(2,3)4)18(17)10(22)13(24)29-15(18)30-20(17,14(25)28-11)19(6,7)26/h6-11,15,21-22,26H,5H2,1-4H3/t6-,7+,8-,9+,10-,11-,15+,17?,18?,19-,20-/m1/s1. The van der Waals surface area contributed by atoms with Gasteiger partial charge in [-0.2, -0.15) is 0 Å². The van der Waals surface area contributed by atoms with Gasteiger partial charge in [0.15, 0.2) is 11.7 Å². The number of hydrogen-bond acceptors (Lipinski definition) is 10. The molecule has 0 amide bonds. The van der Waals surface area contributed by atoms with Crippen LogP contribution in [0.4, 0.5) is 0 Å². The fourth-order valence-electron chi connectivity index (χ4n) is 8.22. The lowest BCUT2D eigenvalue weighted by atomic mass is 9.51. The van der Waals surface area contributed by atoms with Gasteiger partial charge in [-0.25, -0.2) is 9.59 Å². The molecule has 0 aromatic carbocycles. The monoisotopic (exact) mass is 424 g/mol. The maximum atomic E-state index is 13.4. The maximum Gasteiger partial charge on any atom is 0.342 e. The number of carbonyl (C=O) groups excluding carboxylic acids is 3. The summed E-state index contributed by atoms with van der Waals surface area (Å²) >= 11 is 0. The van der Waals surface area contributed by atoms with E-state index >= 15 is 0 Å². The molecule has 10 nitrogen and oxygen atoms in total. The van der Waals surface area contributed by atoms with E-state index in [0.29, 0.717) is 0 Å². The number of rotatable bonds is 0. The molecule has 3 N–H and O–H groups in total. The van der Waals surface area contributed by atoms with Gasteiger partial charge >= 0.3 is 17.9 Å². The highest BCUT2D eigenvalue weighted by Gasteiger charge is 3.02. The Hall–Kier alpha value is -1.75. The summed E-state index contributed by atoms with van der Waals surface area (Å²) in [5, 5.41) is 34.4. The Morgan fingerprint density at radius 3 is 2.33 bits per heavy atom. The zero-order valence-electron chi connectivity index (χ0n) is 16.9. The van der Waals surface area contributed by atoms with E-state index < -0.39 is 87.9 Å². The highest BCUT2D eigenvalue weighted by Crippen LogP contribution is 2.84. The van der Waals surface area contributed by atoms with Crippen molar-refractivity contribution in [2.75, 3.05) is 0 Å². The first-order valence-corrected chi connectivity index (χ1v) is 10.2. The second-order valence-electron chi connectivity index (χ2n) is 10.7. The van der Waals surface area contributed by atoms with Crippen molar-refractivity contribution < 1.29 is 48.7 Å². The van der Waals surface area contributed by atoms with Crippen molar-refractivity contribution in [1.29, 1.82) is 0 Å². The van der Waals surface area contributed by atoms with Crippen LogP contribution in [0.5, 0.6) is 0 Å². The van der Waals surface area contributed by atoms with Gasteiger partial charge < -0.3 is 34.3 Å². The molecule has 2 aliphatic carbocycles. The number of aliphatic hydroxyl groups excluding tert-OH is 2. The van der Waals surface area contributed by atoms with E-state index in [1.165, 1.54) is 6.92 Å². The molecular weight excluding hydrogens is 400 g/mol. The summed E-state index contributed by atoms with van der Waals surface area (Å²) in [5.41, 5.74) is -7.95. The second kappa shape index (κ2) is 4.69. The summed E-state index contributed by atoms with van der Waals surface area (Å²) < 4.78 is 22.6. The number of hydrogen-bond donors (Lipinski definition) is 3. The number of aliphatic hydroxyl groups is 3. The van der Waals surface area contributed by atoms with Crippen LogP contribution in [0.1, 0.15) is 34.1 Å². The van der Waals surface area contributed by atoms with Crippen LogP contribution in [0.2, 0.25) is 0 Å². The quantitative estimate of drug-likeness (QED) is 0.314. The van der Waals surface area contributed by atoms with Gasteiger partial charge in [0.2, 0.25) is 11.9 Å². The summed E-state index contributed by atoms with van der Waals surface area (Å²) in [6, 6.07) is 0. The fraction of sp³-hybridized carbons (Fsp3) is 0.850. The third kappa shape index (κ3) is 1.35. The van der Waals surface area contributed by atoms with E-state index in [-0.39, 0.29) is 6.42 Å². The first kappa shape index (κ1) is 19.0. The van der Waals surface area contributed by atoms with E-state index in [4.69, 9.17) is 18.9 Å². The third-order valence-electron chi connectivity index (χ3n) is 8.91. The Kier molecular flexibility index (Phi) is 2.97. The Morgan fingerprint density at radius 2 is 1.70 bits per heavy atom. The molecule has 4 saturated heterocycles. The highest BCUT2D eigenvalue weighted by atomic mass is 16.8. The van der Waals surface area contributed by atoms with Crippen molar-refractivity contribution >= 4 is 17.9 Å². The van der Waals surface area contributed by atoms with Crippen molar-refractivity contribution in [2.45, 2.75) is 76.0 Å². The molecule has 2 unspecified atom stereocenters. The fourth-order valence-corrected chi connectivity index (χ4v) is 8.22. The summed E-state index contributed by atoms with van der Waals surface area (Å²) in [6.45, 7) is 6.97. The van der Waals surface area contributed by atoms with Gasteiger partial charge in [0.25, 0.3) is 0 Å². The first-order chi connectivity index (χ1) is 13.8. The van der Waals surface area contributed by atoms with Crippen molar-refractivity contribution in [3.8, 4) is 0 Å². The molecule has 0 bridgehead atoms. The Labute approximate surface area is 171 Å². The van der Waals surface area contributed by atoms with Gasteiger partial charge in [0.05, 0.1) is 22.9 Å². The number of fused-ring (bicyclic) bond motifs is 1. The minimum atomic E-state index is -2.12. The predicted molar refractivity (Wildman–Crippen MR) is 92.0 cm³/mol. The van der Waals surface area contributed by atoms with Gasteiger partial charge in [-0.3, -0.25) is 4.79 Å². The minimum absolute atomic E-state index is 0.107. The van der Waals surface area contributed by atoms with E-state index in [0.717, 1.165) is 0 Å². The van der Waals surface area contributed by atoms with Gasteiger partial charge in [0.1, 0.15) is 12.2 Å². The average Bonchev–Trinajstić information content (AvgIpc) is 3.32. The minimum Gasteiger partial charge on any atom is -0.459 e. The molecule has 0 radical (unpaired) electrons. The van der Waals surface area contributed by atoms with Crippen molar-refractivity contribution in [1.82, 2.24) is 0 Å². The van der Waals surface area contributed by atoms with Crippen LogP contribution in [0.25, 0.3) is 0 Å². The molecule has 0 aromatic heterocycles. The molecule has 6 aliphatic rings. The third-order valence-corrected chi connectivity index (χ3v) is 8.91. The van der Waals surface area contributed by atoms with E-state index in [2.05, 4.69) is 0 Å². The number of carbonyl (C=O) groups is 3. The lowest BCUT2D eigenvalue weighted by Crippen LogP contribution is -2.66. The Morgan fingerprint density at radius 1 is 1.03 bits per heavy atom. The molecule has 0 aromatic rings. The Balaban J connectivity index is 1.71. The Bertz CT molecular complexity index is 925. The summed E-state index contributed by atoms with van der Waals surface area (Å²) in [7, 11) is 0. The van der Waals surface area contributed by atoms with Gasteiger partial charge in [-0.1, -0.05) is 20.8 Å². The van der Waals surface area contributed by atoms with Gasteiger partial charge in [0, 0.05) is 12.3 Å². The molecule has 10 heteroatoms.